The van der Waals surface area contributed by atoms with Gasteiger partial charge < -0.3 is 10.2 Å². The van der Waals surface area contributed by atoms with Gasteiger partial charge in [0, 0.05) is 24.7 Å². The fraction of sp³-hybridized carbons (Fsp3) is 0.467. The standard InChI is InChI=1S/C15H17FN2O2/c16-11-4-6-12(7-5-11)17-15(20)10-8-14(19)18(9-10)13-2-1-3-13/h4-7,10,13H,1-3,8-9H2,(H,17,20). The molecule has 0 spiro atoms. The Morgan fingerprint density at radius 2 is 1.95 bits per heavy atom. The van der Waals surface area contributed by atoms with E-state index in [0.29, 0.717) is 18.3 Å². The van der Waals surface area contributed by atoms with Gasteiger partial charge in [-0.15, -0.1) is 0 Å². The van der Waals surface area contributed by atoms with Crippen molar-refractivity contribution in [2.75, 3.05) is 11.9 Å². The number of anilines is 1. The molecule has 2 amide bonds. The van der Waals surface area contributed by atoms with Crippen molar-refractivity contribution in [3.05, 3.63) is 30.1 Å². The van der Waals surface area contributed by atoms with E-state index < -0.39 is 0 Å². The van der Waals surface area contributed by atoms with Crippen molar-refractivity contribution in [3.63, 3.8) is 0 Å². The van der Waals surface area contributed by atoms with E-state index in [1.807, 2.05) is 4.90 Å². The minimum atomic E-state index is -0.338. The first kappa shape index (κ1) is 13.1. The van der Waals surface area contributed by atoms with E-state index in [1.54, 1.807) is 0 Å². The average molecular weight is 276 g/mol. The van der Waals surface area contributed by atoms with E-state index in [4.69, 9.17) is 0 Å². The van der Waals surface area contributed by atoms with Gasteiger partial charge in [-0.3, -0.25) is 9.59 Å². The van der Waals surface area contributed by atoms with Crippen molar-refractivity contribution in [2.45, 2.75) is 31.7 Å². The van der Waals surface area contributed by atoms with Crippen LogP contribution in [-0.2, 0) is 9.59 Å². The van der Waals surface area contributed by atoms with Gasteiger partial charge in [-0.2, -0.15) is 0 Å². The molecule has 2 aliphatic rings. The number of hydrogen-bond acceptors (Lipinski definition) is 2. The Labute approximate surface area is 117 Å². The summed E-state index contributed by atoms with van der Waals surface area (Å²) in [5.74, 6) is -0.718. The normalized spacial score (nSPS) is 22.8. The number of benzene rings is 1. The minimum absolute atomic E-state index is 0.0777. The number of likely N-dealkylation sites (tertiary alicyclic amines) is 1. The minimum Gasteiger partial charge on any atom is -0.339 e. The van der Waals surface area contributed by atoms with Crippen molar-refractivity contribution in [1.82, 2.24) is 4.90 Å². The van der Waals surface area contributed by atoms with Crippen LogP contribution >= 0.6 is 0 Å². The third kappa shape index (κ3) is 2.53. The number of nitrogens with one attached hydrogen (secondary N) is 1. The number of rotatable bonds is 3. The van der Waals surface area contributed by atoms with Crippen LogP contribution in [0.25, 0.3) is 0 Å². The summed E-state index contributed by atoms with van der Waals surface area (Å²) in [5, 5.41) is 2.74. The molecular weight excluding hydrogens is 259 g/mol. The molecule has 5 heteroatoms. The molecule has 2 fully saturated rings. The predicted molar refractivity (Wildman–Crippen MR) is 72.5 cm³/mol. The summed E-state index contributed by atoms with van der Waals surface area (Å²) in [6.07, 6.45) is 3.56. The number of carbonyl (C=O) groups is 2. The maximum atomic E-state index is 12.8. The molecule has 4 nitrogen and oxygen atoms in total. The highest BCUT2D eigenvalue weighted by Crippen LogP contribution is 2.31. The Bertz CT molecular complexity index is 525. The van der Waals surface area contributed by atoms with Gasteiger partial charge in [0.2, 0.25) is 11.8 Å². The molecular formula is C15H17FN2O2. The lowest BCUT2D eigenvalue weighted by Gasteiger charge is -2.34. The molecule has 20 heavy (non-hydrogen) atoms. The fourth-order valence-corrected chi connectivity index (χ4v) is 2.74. The van der Waals surface area contributed by atoms with Crippen LogP contribution in [0.15, 0.2) is 24.3 Å². The maximum absolute atomic E-state index is 12.8. The second-order valence-electron chi connectivity index (χ2n) is 5.53. The van der Waals surface area contributed by atoms with Gasteiger partial charge in [0.05, 0.1) is 5.92 Å². The van der Waals surface area contributed by atoms with Gasteiger partial charge >= 0.3 is 0 Å². The summed E-state index contributed by atoms with van der Waals surface area (Å²) < 4.78 is 12.8. The van der Waals surface area contributed by atoms with Crippen LogP contribution in [0, 0.1) is 11.7 Å². The highest BCUT2D eigenvalue weighted by Gasteiger charge is 2.39. The van der Waals surface area contributed by atoms with E-state index in [-0.39, 0.29) is 30.0 Å². The molecule has 1 unspecified atom stereocenters. The monoisotopic (exact) mass is 276 g/mol. The highest BCUT2D eigenvalue weighted by molar-refractivity contribution is 5.97. The number of carbonyl (C=O) groups excluding carboxylic acids is 2. The van der Waals surface area contributed by atoms with E-state index in [2.05, 4.69) is 5.32 Å². The van der Waals surface area contributed by atoms with Gasteiger partial charge in [0.25, 0.3) is 0 Å². The number of halogens is 1. The summed E-state index contributed by atoms with van der Waals surface area (Å²) in [7, 11) is 0. The Kier molecular flexibility index (Phi) is 3.42. The summed E-state index contributed by atoms with van der Waals surface area (Å²) in [5.41, 5.74) is 0.561. The molecule has 1 heterocycles. The van der Waals surface area contributed by atoms with Crippen LogP contribution < -0.4 is 5.32 Å². The largest absolute Gasteiger partial charge is 0.339 e. The van der Waals surface area contributed by atoms with E-state index in [0.717, 1.165) is 12.8 Å². The molecule has 1 aromatic carbocycles. The van der Waals surface area contributed by atoms with Gasteiger partial charge in [0.1, 0.15) is 5.82 Å². The lowest BCUT2D eigenvalue weighted by atomic mass is 9.92. The van der Waals surface area contributed by atoms with Crippen molar-refractivity contribution in [1.29, 1.82) is 0 Å². The first-order valence-corrected chi connectivity index (χ1v) is 6.99. The smallest absolute Gasteiger partial charge is 0.229 e. The zero-order valence-electron chi connectivity index (χ0n) is 11.1. The second kappa shape index (κ2) is 5.23. The van der Waals surface area contributed by atoms with Crippen LogP contribution in [0.5, 0.6) is 0 Å². The molecule has 1 aliphatic carbocycles. The fourth-order valence-electron chi connectivity index (χ4n) is 2.74. The molecule has 0 aromatic heterocycles. The van der Waals surface area contributed by atoms with E-state index in [1.165, 1.54) is 30.7 Å². The Morgan fingerprint density at radius 3 is 2.55 bits per heavy atom. The molecule has 0 radical (unpaired) electrons. The first-order valence-electron chi connectivity index (χ1n) is 6.99. The van der Waals surface area contributed by atoms with Crippen LogP contribution in [-0.4, -0.2) is 29.3 Å². The lowest BCUT2D eigenvalue weighted by molar-refractivity contribution is -0.131. The summed E-state index contributed by atoms with van der Waals surface area (Å²) >= 11 is 0. The number of nitrogens with zero attached hydrogens (tertiary/aromatic N) is 1. The zero-order chi connectivity index (χ0) is 14.1. The molecule has 1 saturated heterocycles. The predicted octanol–water partition coefficient (Wildman–Crippen LogP) is 2.17. The van der Waals surface area contributed by atoms with Crippen molar-refractivity contribution < 1.29 is 14.0 Å². The Hall–Kier alpha value is -1.91. The summed E-state index contributed by atoms with van der Waals surface area (Å²) in [6.45, 7) is 0.510. The number of amides is 2. The average Bonchev–Trinajstić information content (AvgIpc) is 2.73. The zero-order valence-corrected chi connectivity index (χ0v) is 11.1. The second-order valence-corrected chi connectivity index (χ2v) is 5.53. The van der Waals surface area contributed by atoms with Crippen molar-refractivity contribution in [3.8, 4) is 0 Å². The Balaban J connectivity index is 1.60. The van der Waals surface area contributed by atoms with Crippen molar-refractivity contribution >= 4 is 17.5 Å². The molecule has 0 bridgehead atoms. The van der Waals surface area contributed by atoms with Gasteiger partial charge in [-0.1, -0.05) is 0 Å². The van der Waals surface area contributed by atoms with E-state index >= 15 is 0 Å². The molecule has 106 valence electrons. The molecule has 1 N–H and O–H groups in total. The third-order valence-corrected chi connectivity index (χ3v) is 4.16. The van der Waals surface area contributed by atoms with Crippen LogP contribution in [0.4, 0.5) is 10.1 Å². The van der Waals surface area contributed by atoms with Crippen LogP contribution in [0.3, 0.4) is 0 Å². The van der Waals surface area contributed by atoms with Gasteiger partial charge in [-0.05, 0) is 43.5 Å². The lowest BCUT2D eigenvalue weighted by Crippen LogP contribution is -2.41. The topological polar surface area (TPSA) is 49.4 Å². The number of hydrogen-bond donors (Lipinski definition) is 1. The SMILES string of the molecule is O=C(Nc1ccc(F)cc1)C1CC(=O)N(C2CCC2)C1. The first-order chi connectivity index (χ1) is 9.63. The van der Waals surface area contributed by atoms with Crippen molar-refractivity contribution in [2.24, 2.45) is 5.92 Å². The Morgan fingerprint density at radius 1 is 1.25 bits per heavy atom. The highest BCUT2D eigenvalue weighted by atomic mass is 19.1. The molecule has 1 saturated carbocycles. The molecule has 1 atom stereocenters. The van der Waals surface area contributed by atoms with Gasteiger partial charge in [-0.25, -0.2) is 4.39 Å². The maximum Gasteiger partial charge on any atom is 0.229 e. The molecule has 1 aromatic rings. The quantitative estimate of drug-likeness (QED) is 0.919. The van der Waals surface area contributed by atoms with Gasteiger partial charge in [0.15, 0.2) is 0 Å². The molecule has 3 rings (SSSR count). The van der Waals surface area contributed by atoms with E-state index in [9.17, 15) is 14.0 Å². The third-order valence-electron chi connectivity index (χ3n) is 4.16. The summed E-state index contributed by atoms with van der Waals surface area (Å²) in [4.78, 5) is 25.9. The summed E-state index contributed by atoms with van der Waals surface area (Å²) in [6, 6.07) is 5.99. The molecule has 1 aliphatic heterocycles. The van der Waals surface area contributed by atoms with Crippen LogP contribution in [0.2, 0.25) is 0 Å². The van der Waals surface area contributed by atoms with Crippen LogP contribution in [0.1, 0.15) is 25.7 Å².